The smallest absolute Gasteiger partial charge is 0.254 e. The van der Waals surface area contributed by atoms with Crippen LogP contribution in [0.2, 0.25) is 0 Å². The van der Waals surface area contributed by atoms with Gasteiger partial charge in [0.15, 0.2) is 0 Å². The van der Waals surface area contributed by atoms with Gasteiger partial charge in [-0.3, -0.25) is 9.59 Å². The zero-order chi connectivity index (χ0) is 21.3. The van der Waals surface area contributed by atoms with Crippen LogP contribution >= 0.6 is 11.8 Å². The van der Waals surface area contributed by atoms with Crippen LogP contribution in [0.1, 0.15) is 29.3 Å². The predicted octanol–water partition coefficient (Wildman–Crippen LogP) is 2.99. The molecular formula is C21H24N6O2S. The molecule has 2 aromatic carbocycles. The SMILES string of the molecule is CCCN(Cc1ccccc1)C(=O)c1ccc(NC(=O)CSc2nnnn2C)cc1. The first-order valence-electron chi connectivity index (χ1n) is 9.65. The van der Waals surface area contributed by atoms with E-state index in [2.05, 4.69) is 27.8 Å². The Morgan fingerprint density at radius 2 is 1.83 bits per heavy atom. The van der Waals surface area contributed by atoms with Crippen molar-refractivity contribution in [3.05, 3.63) is 65.7 Å². The highest BCUT2D eigenvalue weighted by molar-refractivity contribution is 7.99. The Bertz CT molecular complexity index is 975. The van der Waals surface area contributed by atoms with Crippen molar-refractivity contribution in [2.75, 3.05) is 17.6 Å². The fourth-order valence-electron chi connectivity index (χ4n) is 2.88. The maximum absolute atomic E-state index is 13.0. The van der Waals surface area contributed by atoms with Gasteiger partial charge in [0, 0.05) is 31.4 Å². The maximum atomic E-state index is 13.0. The zero-order valence-electron chi connectivity index (χ0n) is 17.0. The van der Waals surface area contributed by atoms with Crippen LogP contribution in [0.3, 0.4) is 0 Å². The van der Waals surface area contributed by atoms with Gasteiger partial charge in [0.05, 0.1) is 5.75 Å². The molecule has 0 aliphatic heterocycles. The number of hydrogen-bond acceptors (Lipinski definition) is 6. The summed E-state index contributed by atoms with van der Waals surface area (Å²) < 4.78 is 1.51. The van der Waals surface area contributed by atoms with Crippen molar-refractivity contribution < 1.29 is 9.59 Å². The van der Waals surface area contributed by atoms with Crippen molar-refractivity contribution in [2.45, 2.75) is 25.0 Å². The van der Waals surface area contributed by atoms with E-state index in [0.717, 1.165) is 12.0 Å². The minimum Gasteiger partial charge on any atom is -0.334 e. The van der Waals surface area contributed by atoms with Gasteiger partial charge >= 0.3 is 0 Å². The number of nitrogens with one attached hydrogen (secondary N) is 1. The molecule has 30 heavy (non-hydrogen) atoms. The van der Waals surface area contributed by atoms with Gasteiger partial charge in [-0.15, -0.1) is 5.10 Å². The molecule has 0 saturated heterocycles. The number of tetrazole rings is 1. The number of nitrogens with zero attached hydrogens (tertiary/aromatic N) is 5. The Hall–Kier alpha value is -3.20. The molecule has 0 spiro atoms. The number of rotatable bonds is 9. The molecular weight excluding hydrogens is 400 g/mol. The van der Waals surface area contributed by atoms with Crippen LogP contribution in [0.5, 0.6) is 0 Å². The Kier molecular flexibility index (Phi) is 7.56. The van der Waals surface area contributed by atoms with Crippen LogP contribution in [0, 0.1) is 0 Å². The van der Waals surface area contributed by atoms with E-state index < -0.39 is 0 Å². The van der Waals surface area contributed by atoms with Crippen molar-refractivity contribution in [3.63, 3.8) is 0 Å². The summed E-state index contributed by atoms with van der Waals surface area (Å²) in [6, 6.07) is 16.9. The molecule has 0 radical (unpaired) electrons. The number of amides is 2. The summed E-state index contributed by atoms with van der Waals surface area (Å²) in [7, 11) is 1.72. The lowest BCUT2D eigenvalue weighted by molar-refractivity contribution is -0.113. The van der Waals surface area contributed by atoms with Gasteiger partial charge < -0.3 is 10.2 Å². The minimum absolute atomic E-state index is 0.0242. The number of anilines is 1. The molecule has 2 amide bonds. The first-order chi connectivity index (χ1) is 14.6. The van der Waals surface area contributed by atoms with Gasteiger partial charge in [-0.05, 0) is 46.7 Å². The van der Waals surface area contributed by atoms with Gasteiger partial charge in [0.25, 0.3) is 5.91 Å². The third kappa shape index (κ3) is 5.90. The van der Waals surface area contributed by atoms with Crippen LogP contribution in [0.25, 0.3) is 0 Å². The molecule has 0 bridgehead atoms. The van der Waals surface area contributed by atoms with Gasteiger partial charge in [0.1, 0.15) is 0 Å². The fraction of sp³-hybridized carbons (Fsp3) is 0.286. The number of carbonyl (C=O) groups is 2. The average Bonchev–Trinajstić information content (AvgIpc) is 3.17. The third-order valence-corrected chi connectivity index (χ3v) is 5.34. The molecule has 1 aromatic heterocycles. The number of carbonyl (C=O) groups excluding carboxylic acids is 2. The largest absolute Gasteiger partial charge is 0.334 e. The van der Waals surface area contributed by atoms with Crippen LogP contribution in [0.15, 0.2) is 59.8 Å². The van der Waals surface area contributed by atoms with Crippen LogP contribution in [-0.4, -0.2) is 49.2 Å². The second-order valence-corrected chi connectivity index (χ2v) is 7.65. The van der Waals surface area contributed by atoms with Crippen LogP contribution in [-0.2, 0) is 18.4 Å². The minimum atomic E-state index is -0.168. The first kappa shape index (κ1) is 21.5. The molecule has 3 rings (SSSR count). The van der Waals surface area contributed by atoms with E-state index in [0.29, 0.717) is 29.5 Å². The van der Waals surface area contributed by atoms with Crippen molar-refractivity contribution in [1.82, 2.24) is 25.1 Å². The quantitative estimate of drug-likeness (QED) is 0.531. The second kappa shape index (κ2) is 10.5. The summed E-state index contributed by atoms with van der Waals surface area (Å²) in [6.45, 7) is 3.31. The highest BCUT2D eigenvalue weighted by Crippen LogP contribution is 2.16. The number of thioether (sulfide) groups is 1. The van der Waals surface area contributed by atoms with E-state index in [4.69, 9.17) is 0 Å². The Morgan fingerprint density at radius 3 is 2.47 bits per heavy atom. The van der Waals surface area contributed by atoms with E-state index in [1.165, 1.54) is 16.4 Å². The molecule has 0 unspecified atom stereocenters. The van der Waals surface area contributed by atoms with Gasteiger partial charge in [-0.2, -0.15) is 0 Å². The molecule has 0 saturated carbocycles. The van der Waals surface area contributed by atoms with E-state index in [9.17, 15) is 9.59 Å². The second-order valence-electron chi connectivity index (χ2n) is 6.71. The normalized spacial score (nSPS) is 10.6. The molecule has 1 N–H and O–H groups in total. The molecule has 0 atom stereocenters. The Balaban J connectivity index is 1.58. The molecule has 9 heteroatoms. The standard InChI is InChI=1S/C21H24N6O2S/c1-3-13-27(14-16-7-5-4-6-8-16)20(29)17-9-11-18(12-10-17)22-19(28)15-30-21-23-24-25-26(21)2/h4-12H,3,13-15H2,1-2H3,(H,22,28). The van der Waals surface area contributed by atoms with Gasteiger partial charge in [-0.1, -0.05) is 49.0 Å². The highest BCUT2D eigenvalue weighted by Gasteiger charge is 2.16. The Labute approximate surface area is 179 Å². The predicted molar refractivity (Wildman–Crippen MR) is 116 cm³/mol. The summed E-state index contributed by atoms with van der Waals surface area (Å²) in [4.78, 5) is 26.9. The van der Waals surface area contributed by atoms with Crippen molar-refractivity contribution >= 4 is 29.3 Å². The molecule has 0 aliphatic carbocycles. The molecule has 0 fully saturated rings. The number of aryl methyl sites for hydroxylation is 1. The number of benzene rings is 2. The van der Waals surface area contributed by atoms with Crippen LogP contribution < -0.4 is 5.32 Å². The highest BCUT2D eigenvalue weighted by atomic mass is 32.2. The lowest BCUT2D eigenvalue weighted by Crippen LogP contribution is -2.31. The lowest BCUT2D eigenvalue weighted by Gasteiger charge is -2.22. The monoisotopic (exact) mass is 424 g/mol. The molecule has 1 heterocycles. The van der Waals surface area contributed by atoms with Crippen molar-refractivity contribution in [1.29, 1.82) is 0 Å². The summed E-state index contributed by atoms with van der Waals surface area (Å²) in [5.41, 5.74) is 2.33. The molecule has 156 valence electrons. The molecule has 0 aliphatic rings. The fourth-order valence-corrected chi connectivity index (χ4v) is 3.53. The summed E-state index contributed by atoms with van der Waals surface area (Å²) >= 11 is 1.25. The molecule has 8 nitrogen and oxygen atoms in total. The van der Waals surface area contributed by atoms with E-state index in [1.54, 1.807) is 31.3 Å². The first-order valence-corrected chi connectivity index (χ1v) is 10.6. The summed E-state index contributed by atoms with van der Waals surface area (Å²) in [6.07, 6.45) is 0.880. The molecule has 3 aromatic rings. The van der Waals surface area contributed by atoms with Crippen LogP contribution in [0.4, 0.5) is 5.69 Å². The Morgan fingerprint density at radius 1 is 1.10 bits per heavy atom. The number of aromatic nitrogens is 4. The van der Waals surface area contributed by atoms with E-state index >= 15 is 0 Å². The summed E-state index contributed by atoms with van der Waals surface area (Å²) in [5.74, 6) is -0.00124. The maximum Gasteiger partial charge on any atom is 0.254 e. The summed E-state index contributed by atoms with van der Waals surface area (Å²) in [5, 5.41) is 14.5. The van der Waals surface area contributed by atoms with Gasteiger partial charge in [0.2, 0.25) is 11.1 Å². The van der Waals surface area contributed by atoms with Gasteiger partial charge in [-0.25, -0.2) is 4.68 Å². The van der Waals surface area contributed by atoms with E-state index in [-0.39, 0.29) is 17.6 Å². The van der Waals surface area contributed by atoms with Crippen molar-refractivity contribution in [3.8, 4) is 0 Å². The number of hydrogen-bond donors (Lipinski definition) is 1. The van der Waals surface area contributed by atoms with Crippen molar-refractivity contribution in [2.24, 2.45) is 7.05 Å². The zero-order valence-corrected chi connectivity index (χ0v) is 17.8. The third-order valence-electron chi connectivity index (χ3n) is 4.33. The topological polar surface area (TPSA) is 93.0 Å². The van der Waals surface area contributed by atoms with E-state index in [1.807, 2.05) is 35.2 Å². The lowest BCUT2D eigenvalue weighted by atomic mass is 10.1. The average molecular weight is 425 g/mol.